The first-order valence-corrected chi connectivity index (χ1v) is 7.63. The van der Waals surface area contributed by atoms with E-state index in [9.17, 15) is 4.79 Å². The first-order chi connectivity index (χ1) is 9.69. The van der Waals surface area contributed by atoms with Gasteiger partial charge >= 0.3 is 0 Å². The first-order valence-electron chi connectivity index (χ1n) is 7.63. The van der Waals surface area contributed by atoms with E-state index in [1.165, 1.54) is 12.8 Å². The molecule has 1 amide bonds. The Bertz CT molecular complexity index is 459. The second kappa shape index (κ2) is 5.92. The second-order valence-corrected chi connectivity index (χ2v) is 6.26. The van der Waals surface area contributed by atoms with E-state index < -0.39 is 0 Å². The molecule has 3 heterocycles. The molecule has 1 aromatic heterocycles. The molecule has 2 unspecified atom stereocenters. The molecule has 2 saturated heterocycles. The SMILES string of the molecule is Cc1ccc(CNC(=O)CC2CC3CCC(C2)N3)cn1. The van der Waals surface area contributed by atoms with Gasteiger partial charge in [0.05, 0.1) is 0 Å². The summed E-state index contributed by atoms with van der Waals surface area (Å²) in [4.78, 5) is 16.3. The van der Waals surface area contributed by atoms with Gasteiger partial charge in [0.2, 0.25) is 5.91 Å². The maximum Gasteiger partial charge on any atom is 0.220 e. The molecular formula is C16H23N3O. The van der Waals surface area contributed by atoms with E-state index in [-0.39, 0.29) is 5.91 Å². The van der Waals surface area contributed by atoms with Gasteiger partial charge in [0.25, 0.3) is 0 Å². The summed E-state index contributed by atoms with van der Waals surface area (Å²) in [5, 5.41) is 6.63. The van der Waals surface area contributed by atoms with Crippen LogP contribution in [-0.2, 0) is 11.3 Å². The normalized spacial score (nSPS) is 28.4. The fourth-order valence-electron chi connectivity index (χ4n) is 3.48. The molecule has 0 aromatic carbocycles. The number of carbonyl (C=O) groups excluding carboxylic acids is 1. The molecular weight excluding hydrogens is 250 g/mol. The van der Waals surface area contributed by atoms with E-state index in [2.05, 4.69) is 15.6 Å². The number of amides is 1. The van der Waals surface area contributed by atoms with Crippen LogP contribution in [0.1, 0.15) is 43.4 Å². The molecule has 0 radical (unpaired) electrons. The van der Waals surface area contributed by atoms with Crippen LogP contribution in [0.2, 0.25) is 0 Å². The molecule has 4 heteroatoms. The Morgan fingerprint density at radius 3 is 2.75 bits per heavy atom. The van der Waals surface area contributed by atoms with Crippen molar-refractivity contribution >= 4 is 5.91 Å². The van der Waals surface area contributed by atoms with E-state index in [1.54, 1.807) is 0 Å². The summed E-state index contributed by atoms with van der Waals surface area (Å²) in [6.45, 7) is 2.55. The highest BCUT2D eigenvalue weighted by Gasteiger charge is 2.34. The molecule has 2 N–H and O–H groups in total. The van der Waals surface area contributed by atoms with Gasteiger partial charge in [-0.25, -0.2) is 0 Å². The number of nitrogens with one attached hydrogen (secondary N) is 2. The molecule has 2 atom stereocenters. The third kappa shape index (κ3) is 3.37. The fourth-order valence-corrected chi connectivity index (χ4v) is 3.48. The summed E-state index contributed by atoms with van der Waals surface area (Å²) >= 11 is 0. The number of aromatic nitrogens is 1. The summed E-state index contributed by atoms with van der Waals surface area (Å²) in [5.74, 6) is 0.738. The van der Waals surface area contributed by atoms with Gasteiger partial charge in [0.15, 0.2) is 0 Å². The average Bonchev–Trinajstić information content (AvgIpc) is 2.77. The van der Waals surface area contributed by atoms with Gasteiger partial charge < -0.3 is 10.6 Å². The molecule has 2 bridgehead atoms. The van der Waals surface area contributed by atoms with Crippen LogP contribution in [0.25, 0.3) is 0 Å². The molecule has 0 saturated carbocycles. The summed E-state index contributed by atoms with van der Waals surface area (Å²) < 4.78 is 0. The Balaban J connectivity index is 1.44. The Labute approximate surface area is 120 Å². The van der Waals surface area contributed by atoms with Crippen LogP contribution in [0.5, 0.6) is 0 Å². The summed E-state index contributed by atoms with van der Waals surface area (Å²) in [6, 6.07) is 5.32. The lowest BCUT2D eigenvalue weighted by Crippen LogP contribution is -2.39. The lowest BCUT2D eigenvalue weighted by atomic mass is 9.89. The second-order valence-electron chi connectivity index (χ2n) is 6.26. The molecule has 2 fully saturated rings. The number of piperidine rings is 1. The van der Waals surface area contributed by atoms with Gasteiger partial charge in [-0.15, -0.1) is 0 Å². The number of hydrogen-bond acceptors (Lipinski definition) is 3. The van der Waals surface area contributed by atoms with Gasteiger partial charge in [0.1, 0.15) is 0 Å². The third-order valence-electron chi connectivity index (χ3n) is 4.51. The maximum atomic E-state index is 12.0. The van der Waals surface area contributed by atoms with Crippen LogP contribution in [0.3, 0.4) is 0 Å². The molecule has 2 aliphatic heterocycles. The fraction of sp³-hybridized carbons (Fsp3) is 0.625. The molecule has 0 aliphatic carbocycles. The average molecular weight is 273 g/mol. The Hall–Kier alpha value is -1.42. The van der Waals surface area contributed by atoms with E-state index in [0.717, 1.165) is 24.1 Å². The largest absolute Gasteiger partial charge is 0.352 e. The van der Waals surface area contributed by atoms with E-state index >= 15 is 0 Å². The third-order valence-corrected chi connectivity index (χ3v) is 4.51. The zero-order valence-electron chi connectivity index (χ0n) is 12.1. The standard InChI is InChI=1S/C16H23N3O/c1-11-2-3-12(9-17-11)10-18-16(20)8-13-6-14-4-5-15(7-13)19-14/h2-3,9,13-15,19H,4-8,10H2,1H3,(H,18,20). The molecule has 2 aliphatic rings. The summed E-state index contributed by atoms with van der Waals surface area (Å²) in [6.07, 6.45) is 7.41. The van der Waals surface area contributed by atoms with E-state index in [0.29, 0.717) is 31.0 Å². The zero-order valence-corrected chi connectivity index (χ0v) is 12.1. The number of rotatable bonds is 4. The quantitative estimate of drug-likeness (QED) is 0.881. The lowest BCUT2D eigenvalue weighted by molar-refractivity contribution is -0.122. The number of aryl methyl sites for hydroxylation is 1. The maximum absolute atomic E-state index is 12.0. The predicted octanol–water partition coefficient (Wildman–Crippen LogP) is 1.93. The molecule has 3 rings (SSSR count). The minimum Gasteiger partial charge on any atom is -0.352 e. The molecule has 20 heavy (non-hydrogen) atoms. The van der Waals surface area contributed by atoms with Gasteiger partial charge in [-0.1, -0.05) is 6.07 Å². The Morgan fingerprint density at radius 2 is 2.10 bits per heavy atom. The number of pyridine rings is 1. The topological polar surface area (TPSA) is 54.0 Å². The van der Waals surface area contributed by atoms with Crippen LogP contribution in [0, 0.1) is 12.8 Å². The minimum absolute atomic E-state index is 0.178. The Morgan fingerprint density at radius 1 is 1.35 bits per heavy atom. The van der Waals surface area contributed by atoms with Crippen molar-refractivity contribution in [3.8, 4) is 0 Å². The van der Waals surface area contributed by atoms with Crippen LogP contribution >= 0.6 is 0 Å². The van der Waals surface area contributed by atoms with E-state index in [1.807, 2.05) is 25.3 Å². The molecule has 4 nitrogen and oxygen atoms in total. The van der Waals surface area contributed by atoms with Gasteiger partial charge in [-0.2, -0.15) is 0 Å². The van der Waals surface area contributed by atoms with Crippen LogP contribution < -0.4 is 10.6 Å². The molecule has 1 aromatic rings. The van der Waals surface area contributed by atoms with Gasteiger partial charge in [0, 0.05) is 36.9 Å². The number of nitrogens with zero attached hydrogens (tertiary/aromatic N) is 1. The highest BCUT2D eigenvalue weighted by Crippen LogP contribution is 2.32. The number of fused-ring (bicyclic) bond motifs is 2. The first kappa shape index (κ1) is 13.6. The van der Waals surface area contributed by atoms with E-state index in [4.69, 9.17) is 0 Å². The highest BCUT2D eigenvalue weighted by atomic mass is 16.1. The van der Waals surface area contributed by atoms with Crippen molar-refractivity contribution in [3.05, 3.63) is 29.6 Å². The van der Waals surface area contributed by atoms with Gasteiger partial charge in [-0.3, -0.25) is 9.78 Å². The van der Waals surface area contributed by atoms with Crippen molar-refractivity contribution in [1.82, 2.24) is 15.6 Å². The Kier molecular flexibility index (Phi) is 4.01. The molecule has 0 spiro atoms. The summed E-state index contributed by atoms with van der Waals surface area (Å²) in [7, 11) is 0. The van der Waals surface area contributed by atoms with Crippen LogP contribution in [0.4, 0.5) is 0 Å². The van der Waals surface area contributed by atoms with Crippen LogP contribution in [-0.4, -0.2) is 23.0 Å². The smallest absolute Gasteiger partial charge is 0.220 e. The summed E-state index contributed by atoms with van der Waals surface area (Å²) in [5.41, 5.74) is 2.07. The highest BCUT2D eigenvalue weighted by molar-refractivity contribution is 5.76. The van der Waals surface area contributed by atoms with Crippen molar-refractivity contribution in [2.45, 2.75) is 57.7 Å². The van der Waals surface area contributed by atoms with Gasteiger partial charge in [-0.05, 0) is 50.2 Å². The minimum atomic E-state index is 0.178. The van der Waals surface area contributed by atoms with Crippen molar-refractivity contribution in [2.75, 3.05) is 0 Å². The number of hydrogen-bond donors (Lipinski definition) is 2. The van der Waals surface area contributed by atoms with Crippen molar-refractivity contribution < 1.29 is 4.79 Å². The monoisotopic (exact) mass is 273 g/mol. The number of carbonyl (C=O) groups is 1. The zero-order chi connectivity index (χ0) is 13.9. The van der Waals surface area contributed by atoms with Crippen molar-refractivity contribution in [3.63, 3.8) is 0 Å². The van der Waals surface area contributed by atoms with Crippen molar-refractivity contribution in [1.29, 1.82) is 0 Å². The van der Waals surface area contributed by atoms with Crippen LogP contribution in [0.15, 0.2) is 18.3 Å². The lowest BCUT2D eigenvalue weighted by Gasteiger charge is -2.28. The molecule has 108 valence electrons. The van der Waals surface area contributed by atoms with Crippen molar-refractivity contribution in [2.24, 2.45) is 5.92 Å². The predicted molar refractivity (Wildman–Crippen MR) is 78.1 cm³/mol.